The second-order valence-corrected chi connectivity index (χ2v) is 4.96. The first-order valence-corrected chi connectivity index (χ1v) is 6.94. The van der Waals surface area contributed by atoms with Crippen molar-refractivity contribution in [2.45, 2.75) is 26.7 Å². The second kappa shape index (κ2) is 5.95. The lowest BCUT2D eigenvalue weighted by molar-refractivity contribution is -0.120. The van der Waals surface area contributed by atoms with E-state index in [1.54, 1.807) is 0 Å². The molecule has 1 aromatic carbocycles. The number of carbonyl (C=O) groups excluding carboxylic acids is 1. The van der Waals surface area contributed by atoms with Gasteiger partial charge in [0.1, 0.15) is 12.4 Å². The van der Waals surface area contributed by atoms with Crippen LogP contribution in [0.5, 0.6) is 5.75 Å². The number of hydrogen-bond donors (Lipinski definition) is 1. The number of amides is 1. The molecule has 1 aliphatic rings. The highest BCUT2D eigenvalue weighted by molar-refractivity contribution is 5.93. The fourth-order valence-corrected chi connectivity index (χ4v) is 2.34. The smallest absolute Gasteiger partial charge is 0.227 e. The van der Waals surface area contributed by atoms with E-state index in [-0.39, 0.29) is 11.8 Å². The van der Waals surface area contributed by atoms with E-state index in [1.807, 2.05) is 39.1 Å². The average molecular weight is 262 g/mol. The van der Waals surface area contributed by atoms with Crippen LogP contribution in [-0.4, -0.2) is 26.1 Å². The molecule has 104 valence electrons. The molecule has 0 aromatic heterocycles. The van der Waals surface area contributed by atoms with E-state index >= 15 is 0 Å². The quantitative estimate of drug-likeness (QED) is 0.907. The first-order chi connectivity index (χ1) is 9.15. The summed E-state index contributed by atoms with van der Waals surface area (Å²) in [5.74, 6) is 1.02. The maximum absolute atomic E-state index is 12.0. The Labute approximate surface area is 114 Å². The number of likely N-dealkylation sites (N-methyl/N-ethyl adjacent to an activating group) is 1. The number of rotatable bonds is 4. The van der Waals surface area contributed by atoms with Crippen LogP contribution >= 0.6 is 0 Å². The van der Waals surface area contributed by atoms with Gasteiger partial charge in [0.15, 0.2) is 0 Å². The molecule has 0 aliphatic carbocycles. The predicted molar refractivity (Wildman–Crippen MR) is 77.9 cm³/mol. The van der Waals surface area contributed by atoms with Gasteiger partial charge in [-0.1, -0.05) is 13.8 Å². The maximum atomic E-state index is 12.0. The summed E-state index contributed by atoms with van der Waals surface area (Å²) in [5, 5.41) is 2.97. The summed E-state index contributed by atoms with van der Waals surface area (Å²) in [6, 6.07) is 5.84. The third kappa shape index (κ3) is 3.00. The minimum absolute atomic E-state index is 0.0830. The largest absolute Gasteiger partial charge is 0.489 e. The Morgan fingerprint density at radius 2 is 2.16 bits per heavy atom. The van der Waals surface area contributed by atoms with Crippen LogP contribution in [0.25, 0.3) is 0 Å². The van der Waals surface area contributed by atoms with Gasteiger partial charge < -0.3 is 15.0 Å². The maximum Gasteiger partial charge on any atom is 0.227 e. The number of carbonyl (C=O) groups is 1. The summed E-state index contributed by atoms with van der Waals surface area (Å²) in [5.41, 5.74) is 1.89. The first-order valence-electron chi connectivity index (χ1n) is 6.94. The van der Waals surface area contributed by atoms with E-state index in [1.165, 1.54) is 0 Å². The zero-order chi connectivity index (χ0) is 13.8. The Kier molecular flexibility index (Phi) is 4.30. The first kappa shape index (κ1) is 13.7. The van der Waals surface area contributed by atoms with Crippen molar-refractivity contribution < 1.29 is 9.53 Å². The molecule has 1 aromatic rings. The van der Waals surface area contributed by atoms with Gasteiger partial charge in [0.2, 0.25) is 5.91 Å². The normalized spacial score (nSPS) is 14.0. The molecule has 1 aliphatic heterocycles. The summed E-state index contributed by atoms with van der Waals surface area (Å²) < 4.78 is 5.64. The lowest BCUT2D eigenvalue weighted by Gasteiger charge is -2.28. The summed E-state index contributed by atoms with van der Waals surface area (Å²) in [6.07, 6.45) is 1.74. The van der Waals surface area contributed by atoms with Crippen molar-refractivity contribution in [3.63, 3.8) is 0 Å². The van der Waals surface area contributed by atoms with Gasteiger partial charge >= 0.3 is 0 Å². The highest BCUT2D eigenvalue weighted by atomic mass is 16.5. The van der Waals surface area contributed by atoms with Gasteiger partial charge in [0.05, 0.1) is 12.2 Å². The number of benzene rings is 1. The van der Waals surface area contributed by atoms with Crippen molar-refractivity contribution in [2.24, 2.45) is 5.92 Å². The molecule has 1 amide bonds. The molecule has 1 N–H and O–H groups in total. The van der Waals surface area contributed by atoms with Crippen LogP contribution in [0.3, 0.4) is 0 Å². The van der Waals surface area contributed by atoms with E-state index in [0.717, 1.165) is 36.5 Å². The zero-order valence-electron chi connectivity index (χ0n) is 11.9. The SMILES string of the molecule is CCC(CC)C(=O)Nc1ccc2c(c1)OCCN2C. The number of fused-ring (bicyclic) bond motifs is 1. The van der Waals surface area contributed by atoms with Gasteiger partial charge in [-0.15, -0.1) is 0 Å². The van der Waals surface area contributed by atoms with Gasteiger partial charge in [0, 0.05) is 24.7 Å². The minimum atomic E-state index is 0.0830. The molecule has 0 saturated heterocycles. The fraction of sp³-hybridized carbons (Fsp3) is 0.533. The fourth-order valence-electron chi connectivity index (χ4n) is 2.34. The topological polar surface area (TPSA) is 41.6 Å². The van der Waals surface area contributed by atoms with E-state index in [0.29, 0.717) is 6.61 Å². The van der Waals surface area contributed by atoms with Crippen molar-refractivity contribution in [3.05, 3.63) is 18.2 Å². The van der Waals surface area contributed by atoms with Crippen LogP contribution in [-0.2, 0) is 4.79 Å². The van der Waals surface area contributed by atoms with E-state index in [9.17, 15) is 4.79 Å². The Morgan fingerprint density at radius 3 is 2.84 bits per heavy atom. The van der Waals surface area contributed by atoms with Crippen molar-refractivity contribution in [1.82, 2.24) is 0 Å². The van der Waals surface area contributed by atoms with E-state index in [4.69, 9.17) is 4.74 Å². The Morgan fingerprint density at radius 1 is 1.42 bits per heavy atom. The molecular formula is C15H22N2O2. The molecular weight excluding hydrogens is 240 g/mol. The lowest BCUT2D eigenvalue weighted by Crippen LogP contribution is -2.29. The van der Waals surface area contributed by atoms with Gasteiger partial charge in [-0.05, 0) is 25.0 Å². The summed E-state index contributed by atoms with van der Waals surface area (Å²) in [7, 11) is 2.05. The summed E-state index contributed by atoms with van der Waals surface area (Å²) in [6.45, 7) is 5.66. The second-order valence-electron chi connectivity index (χ2n) is 4.96. The van der Waals surface area contributed by atoms with Crippen LogP contribution in [0, 0.1) is 5.92 Å². The van der Waals surface area contributed by atoms with Crippen LogP contribution in [0.1, 0.15) is 26.7 Å². The Hall–Kier alpha value is -1.71. The van der Waals surface area contributed by atoms with Gasteiger partial charge in [-0.3, -0.25) is 4.79 Å². The van der Waals surface area contributed by atoms with Gasteiger partial charge in [-0.25, -0.2) is 0 Å². The molecule has 0 bridgehead atoms. The van der Waals surface area contributed by atoms with Crippen LogP contribution in [0.15, 0.2) is 18.2 Å². The molecule has 0 fully saturated rings. The molecule has 0 atom stereocenters. The number of nitrogens with zero attached hydrogens (tertiary/aromatic N) is 1. The molecule has 1 heterocycles. The highest BCUT2D eigenvalue weighted by Crippen LogP contribution is 2.33. The minimum Gasteiger partial charge on any atom is -0.489 e. The third-order valence-electron chi connectivity index (χ3n) is 3.68. The Balaban J connectivity index is 2.12. The average Bonchev–Trinajstić information content (AvgIpc) is 2.40. The van der Waals surface area contributed by atoms with Gasteiger partial charge in [0.25, 0.3) is 0 Å². The zero-order valence-corrected chi connectivity index (χ0v) is 11.9. The summed E-state index contributed by atoms with van der Waals surface area (Å²) >= 11 is 0. The molecule has 0 unspecified atom stereocenters. The molecule has 0 spiro atoms. The van der Waals surface area contributed by atoms with Crippen LogP contribution in [0.2, 0.25) is 0 Å². The van der Waals surface area contributed by atoms with Crippen LogP contribution < -0.4 is 15.0 Å². The standard InChI is InChI=1S/C15H22N2O2/c1-4-11(5-2)15(18)16-12-6-7-13-14(10-12)19-9-8-17(13)3/h6-7,10-11H,4-5,8-9H2,1-3H3,(H,16,18). The monoisotopic (exact) mass is 262 g/mol. The van der Waals surface area contributed by atoms with E-state index < -0.39 is 0 Å². The molecule has 0 radical (unpaired) electrons. The van der Waals surface area contributed by atoms with Crippen molar-refractivity contribution in [3.8, 4) is 5.75 Å². The van der Waals surface area contributed by atoms with E-state index in [2.05, 4.69) is 10.2 Å². The third-order valence-corrected chi connectivity index (χ3v) is 3.68. The van der Waals surface area contributed by atoms with Crippen molar-refractivity contribution in [2.75, 3.05) is 30.4 Å². The molecule has 19 heavy (non-hydrogen) atoms. The molecule has 2 rings (SSSR count). The summed E-state index contributed by atoms with van der Waals surface area (Å²) in [4.78, 5) is 14.2. The number of nitrogens with one attached hydrogen (secondary N) is 1. The van der Waals surface area contributed by atoms with Crippen molar-refractivity contribution in [1.29, 1.82) is 0 Å². The predicted octanol–water partition coefficient (Wildman–Crippen LogP) is 2.89. The number of hydrogen-bond acceptors (Lipinski definition) is 3. The highest BCUT2D eigenvalue weighted by Gasteiger charge is 2.17. The molecule has 4 heteroatoms. The lowest BCUT2D eigenvalue weighted by atomic mass is 10.0. The van der Waals surface area contributed by atoms with Gasteiger partial charge in [-0.2, -0.15) is 0 Å². The molecule has 4 nitrogen and oxygen atoms in total. The van der Waals surface area contributed by atoms with Crippen LogP contribution in [0.4, 0.5) is 11.4 Å². The number of anilines is 2. The van der Waals surface area contributed by atoms with Crippen molar-refractivity contribution >= 4 is 17.3 Å². The Bertz CT molecular complexity index is 455. The molecule has 0 saturated carbocycles. The number of ether oxygens (including phenoxy) is 1.